The van der Waals surface area contributed by atoms with Crippen molar-refractivity contribution in [1.82, 2.24) is 4.98 Å². The molecular weight excluding hydrogens is 266 g/mol. The number of methoxy groups -OCH3 is 2. The Hall–Kier alpha value is -2.43. The second kappa shape index (κ2) is 5.52. The smallest absolute Gasteiger partial charge is 0.184 e. The number of anilines is 2. The van der Waals surface area contributed by atoms with Crippen LogP contribution >= 0.6 is 0 Å². The van der Waals surface area contributed by atoms with Crippen molar-refractivity contribution in [3.8, 4) is 11.5 Å². The summed E-state index contributed by atoms with van der Waals surface area (Å²) in [5.41, 5.74) is 10.1. The number of ether oxygens (including phenoxy) is 2. The summed E-state index contributed by atoms with van der Waals surface area (Å²) in [6.07, 6.45) is 2.77. The van der Waals surface area contributed by atoms with Gasteiger partial charge in [-0.2, -0.15) is 0 Å². The van der Waals surface area contributed by atoms with Gasteiger partial charge in [-0.3, -0.25) is 4.98 Å². The Morgan fingerprint density at radius 2 is 2.10 bits per heavy atom. The molecule has 1 aromatic heterocycles. The zero-order chi connectivity index (χ0) is 14.8. The average molecular weight is 285 g/mol. The Morgan fingerprint density at radius 3 is 2.86 bits per heavy atom. The van der Waals surface area contributed by atoms with Crippen LogP contribution in [0.3, 0.4) is 0 Å². The van der Waals surface area contributed by atoms with Gasteiger partial charge in [0.05, 0.1) is 20.8 Å². The Balaban J connectivity index is 1.91. The highest BCUT2D eigenvalue weighted by molar-refractivity contribution is 5.64. The van der Waals surface area contributed by atoms with Crippen molar-refractivity contribution in [2.24, 2.45) is 0 Å². The average Bonchev–Trinajstić information content (AvgIpc) is 2.89. The second-order valence-corrected chi connectivity index (χ2v) is 5.05. The number of hydrogen-bond acceptors (Lipinski definition) is 5. The summed E-state index contributed by atoms with van der Waals surface area (Å²) < 4.78 is 10.8. The molecule has 110 valence electrons. The third kappa shape index (κ3) is 2.46. The second-order valence-electron chi connectivity index (χ2n) is 5.05. The standard InChI is InChI=1S/C16H19N3O2/c1-20-15-5-7-18-13(16(15)21-2)10-19-8-6-11-3-4-12(17)9-14(11)19/h3-5,7,9H,6,8,10,17H2,1-2H3. The van der Waals surface area contributed by atoms with Gasteiger partial charge in [-0.1, -0.05) is 6.07 Å². The molecule has 0 saturated carbocycles. The van der Waals surface area contributed by atoms with Crippen LogP contribution in [0, 0.1) is 0 Å². The molecule has 1 aliphatic heterocycles. The van der Waals surface area contributed by atoms with E-state index in [1.165, 1.54) is 11.3 Å². The number of nitrogens with zero attached hydrogens (tertiary/aromatic N) is 2. The molecule has 2 heterocycles. The van der Waals surface area contributed by atoms with Crippen molar-refractivity contribution >= 4 is 11.4 Å². The van der Waals surface area contributed by atoms with E-state index < -0.39 is 0 Å². The van der Waals surface area contributed by atoms with Crippen LogP contribution in [0.15, 0.2) is 30.5 Å². The molecule has 5 heteroatoms. The molecule has 0 unspecified atom stereocenters. The Bertz CT molecular complexity index is 658. The number of aromatic nitrogens is 1. The molecule has 2 aromatic rings. The maximum Gasteiger partial charge on any atom is 0.184 e. The van der Waals surface area contributed by atoms with Crippen LogP contribution in [0.1, 0.15) is 11.3 Å². The lowest BCUT2D eigenvalue weighted by molar-refractivity contribution is 0.349. The largest absolute Gasteiger partial charge is 0.493 e. The minimum absolute atomic E-state index is 0.677. The highest BCUT2D eigenvalue weighted by atomic mass is 16.5. The van der Waals surface area contributed by atoms with Crippen molar-refractivity contribution < 1.29 is 9.47 Å². The van der Waals surface area contributed by atoms with E-state index in [2.05, 4.69) is 16.0 Å². The first-order valence-corrected chi connectivity index (χ1v) is 6.92. The van der Waals surface area contributed by atoms with Gasteiger partial charge >= 0.3 is 0 Å². The molecule has 0 amide bonds. The molecule has 1 aliphatic rings. The predicted molar refractivity (Wildman–Crippen MR) is 82.9 cm³/mol. The fraction of sp³-hybridized carbons (Fsp3) is 0.312. The summed E-state index contributed by atoms with van der Waals surface area (Å²) in [5.74, 6) is 1.40. The summed E-state index contributed by atoms with van der Waals surface area (Å²) in [6, 6.07) is 7.88. The van der Waals surface area contributed by atoms with Crippen LogP contribution < -0.4 is 20.1 Å². The number of pyridine rings is 1. The van der Waals surface area contributed by atoms with E-state index in [0.29, 0.717) is 18.0 Å². The van der Waals surface area contributed by atoms with E-state index in [4.69, 9.17) is 15.2 Å². The van der Waals surface area contributed by atoms with E-state index in [-0.39, 0.29) is 0 Å². The molecule has 2 N–H and O–H groups in total. The van der Waals surface area contributed by atoms with Gasteiger partial charge in [0, 0.05) is 30.2 Å². The van der Waals surface area contributed by atoms with E-state index in [0.717, 1.165) is 24.3 Å². The molecule has 5 nitrogen and oxygen atoms in total. The van der Waals surface area contributed by atoms with Crippen molar-refractivity contribution in [1.29, 1.82) is 0 Å². The Labute approximate surface area is 124 Å². The number of nitrogens with two attached hydrogens (primary N) is 1. The van der Waals surface area contributed by atoms with E-state index >= 15 is 0 Å². The van der Waals surface area contributed by atoms with E-state index in [9.17, 15) is 0 Å². The molecule has 21 heavy (non-hydrogen) atoms. The van der Waals surface area contributed by atoms with Crippen molar-refractivity contribution in [2.75, 3.05) is 31.4 Å². The summed E-state index contributed by atoms with van der Waals surface area (Å²) in [7, 11) is 3.27. The third-order valence-electron chi connectivity index (χ3n) is 3.81. The lowest BCUT2D eigenvalue weighted by atomic mass is 10.1. The number of nitrogen functional groups attached to an aromatic ring is 1. The van der Waals surface area contributed by atoms with Gasteiger partial charge < -0.3 is 20.1 Å². The zero-order valence-corrected chi connectivity index (χ0v) is 12.3. The van der Waals surface area contributed by atoms with Gasteiger partial charge in [0.15, 0.2) is 11.5 Å². The first-order valence-electron chi connectivity index (χ1n) is 6.92. The summed E-state index contributed by atoms with van der Waals surface area (Å²) >= 11 is 0. The Kier molecular flexibility index (Phi) is 3.56. The molecule has 0 bridgehead atoms. The maximum absolute atomic E-state index is 5.90. The van der Waals surface area contributed by atoms with Gasteiger partial charge in [0.2, 0.25) is 0 Å². The quantitative estimate of drug-likeness (QED) is 0.873. The summed E-state index contributed by atoms with van der Waals surface area (Å²) in [4.78, 5) is 6.71. The van der Waals surface area contributed by atoms with Crippen LogP contribution in [0.5, 0.6) is 11.5 Å². The van der Waals surface area contributed by atoms with Gasteiger partial charge in [-0.15, -0.1) is 0 Å². The first kappa shape index (κ1) is 13.5. The van der Waals surface area contributed by atoms with E-state index in [1.807, 2.05) is 12.1 Å². The monoisotopic (exact) mass is 285 g/mol. The number of benzene rings is 1. The van der Waals surface area contributed by atoms with Gasteiger partial charge in [-0.25, -0.2) is 0 Å². The number of hydrogen-bond donors (Lipinski definition) is 1. The highest BCUT2D eigenvalue weighted by Gasteiger charge is 2.22. The topological polar surface area (TPSA) is 60.6 Å². The zero-order valence-electron chi connectivity index (χ0n) is 12.3. The summed E-state index contributed by atoms with van der Waals surface area (Å²) in [5, 5.41) is 0. The van der Waals surface area contributed by atoms with Crippen LogP contribution in [-0.4, -0.2) is 25.7 Å². The van der Waals surface area contributed by atoms with Crippen LogP contribution in [0.2, 0.25) is 0 Å². The molecule has 0 spiro atoms. The lowest BCUT2D eigenvalue weighted by Crippen LogP contribution is -2.21. The predicted octanol–water partition coefficient (Wildman–Crippen LogP) is 2.24. The minimum Gasteiger partial charge on any atom is -0.493 e. The molecule has 1 aromatic carbocycles. The fourth-order valence-electron chi connectivity index (χ4n) is 2.77. The fourth-order valence-corrected chi connectivity index (χ4v) is 2.77. The van der Waals surface area contributed by atoms with Gasteiger partial charge in [-0.05, 0) is 24.1 Å². The van der Waals surface area contributed by atoms with Crippen LogP contribution in [0.25, 0.3) is 0 Å². The van der Waals surface area contributed by atoms with E-state index in [1.54, 1.807) is 26.5 Å². The molecular formula is C16H19N3O2. The van der Waals surface area contributed by atoms with Crippen molar-refractivity contribution in [3.05, 3.63) is 41.7 Å². The van der Waals surface area contributed by atoms with Crippen LogP contribution in [-0.2, 0) is 13.0 Å². The normalized spacial score (nSPS) is 13.1. The third-order valence-corrected chi connectivity index (χ3v) is 3.81. The highest BCUT2D eigenvalue weighted by Crippen LogP contribution is 2.34. The van der Waals surface area contributed by atoms with Crippen LogP contribution in [0.4, 0.5) is 11.4 Å². The number of rotatable bonds is 4. The Morgan fingerprint density at radius 1 is 1.24 bits per heavy atom. The minimum atomic E-state index is 0.677. The van der Waals surface area contributed by atoms with Gasteiger partial charge in [0.1, 0.15) is 5.69 Å². The van der Waals surface area contributed by atoms with Crippen molar-refractivity contribution in [3.63, 3.8) is 0 Å². The van der Waals surface area contributed by atoms with Gasteiger partial charge in [0.25, 0.3) is 0 Å². The first-order chi connectivity index (χ1) is 10.2. The molecule has 0 aliphatic carbocycles. The number of fused-ring (bicyclic) bond motifs is 1. The molecule has 0 radical (unpaired) electrons. The molecule has 0 saturated heterocycles. The molecule has 0 atom stereocenters. The maximum atomic E-state index is 5.90. The molecule has 0 fully saturated rings. The van der Waals surface area contributed by atoms with Crippen molar-refractivity contribution in [2.45, 2.75) is 13.0 Å². The summed E-state index contributed by atoms with van der Waals surface area (Å²) in [6.45, 7) is 1.64. The lowest BCUT2D eigenvalue weighted by Gasteiger charge is -2.21. The molecule has 3 rings (SSSR count). The SMILES string of the molecule is COc1ccnc(CN2CCc3ccc(N)cc32)c1OC.